The molecule has 8 heteroatoms. The van der Waals surface area contributed by atoms with Gasteiger partial charge in [-0.05, 0) is 42.3 Å². The van der Waals surface area contributed by atoms with Gasteiger partial charge in [0.05, 0.1) is 25.4 Å². The van der Waals surface area contributed by atoms with Gasteiger partial charge in [-0.25, -0.2) is 13.1 Å². The Kier molecular flexibility index (Phi) is 7.24. The standard InChI is InChI=1S/C19H23ClN2O4S/c1-13(14-4-8-16(20)9-5-14)21-19(23)12-18(22-27(3,24)25)15-6-10-17(26-2)11-7-15/h4-11,13,18,22H,12H2,1-3H3,(H,21,23)/t13-,18+/m0/s1. The van der Waals surface area contributed by atoms with E-state index in [0.717, 1.165) is 11.8 Å². The third-order valence-corrected chi connectivity index (χ3v) is 4.98. The predicted octanol–water partition coefficient (Wildman–Crippen LogP) is 3.21. The van der Waals surface area contributed by atoms with Gasteiger partial charge in [-0.2, -0.15) is 0 Å². The molecule has 146 valence electrons. The average molecular weight is 411 g/mol. The highest BCUT2D eigenvalue weighted by Crippen LogP contribution is 2.22. The Labute approximate surface area is 164 Å². The van der Waals surface area contributed by atoms with Gasteiger partial charge in [-0.3, -0.25) is 4.79 Å². The van der Waals surface area contributed by atoms with Crippen molar-refractivity contribution < 1.29 is 17.9 Å². The second kappa shape index (κ2) is 9.21. The molecule has 0 aromatic heterocycles. The van der Waals surface area contributed by atoms with E-state index in [2.05, 4.69) is 10.0 Å². The van der Waals surface area contributed by atoms with Gasteiger partial charge >= 0.3 is 0 Å². The molecule has 2 aromatic carbocycles. The zero-order chi connectivity index (χ0) is 20.0. The lowest BCUT2D eigenvalue weighted by Crippen LogP contribution is -2.34. The van der Waals surface area contributed by atoms with Crippen LogP contribution in [0.3, 0.4) is 0 Å². The molecule has 0 bridgehead atoms. The second-order valence-electron chi connectivity index (χ2n) is 6.26. The van der Waals surface area contributed by atoms with Crippen LogP contribution < -0.4 is 14.8 Å². The lowest BCUT2D eigenvalue weighted by atomic mass is 10.0. The van der Waals surface area contributed by atoms with Crippen molar-refractivity contribution in [1.29, 1.82) is 0 Å². The van der Waals surface area contributed by atoms with E-state index in [1.165, 1.54) is 0 Å². The van der Waals surface area contributed by atoms with Gasteiger partial charge < -0.3 is 10.1 Å². The van der Waals surface area contributed by atoms with Crippen LogP contribution in [-0.4, -0.2) is 27.7 Å². The predicted molar refractivity (Wildman–Crippen MR) is 106 cm³/mol. The number of carbonyl (C=O) groups is 1. The number of nitrogens with one attached hydrogen (secondary N) is 2. The first-order valence-electron chi connectivity index (χ1n) is 8.34. The lowest BCUT2D eigenvalue weighted by molar-refractivity contribution is -0.122. The summed E-state index contributed by atoms with van der Waals surface area (Å²) in [6.45, 7) is 1.85. The number of methoxy groups -OCH3 is 1. The summed E-state index contributed by atoms with van der Waals surface area (Å²) in [6.07, 6.45) is 1.04. The molecule has 1 amide bonds. The Hall–Kier alpha value is -2.09. The molecule has 0 aliphatic heterocycles. The molecule has 0 radical (unpaired) electrons. The van der Waals surface area contributed by atoms with Crippen molar-refractivity contribution in [2.75, 3.05) is 13.4 Å². The van der Waals surface area contributed by atoms with E-state index in [1.54, 1.807) is 43.5 Å². The molecule has 27 heavy (non-hydrogen) atoms. The van der Waals surface area contributed by atoms with Crippen LogP contribution in [0.4, 0.5) is 0 Å². The number of hydrogen-bond donors (Lipinski definition) is 2. The maximum atomic E-state index is 12.5. The third kappa shape index (κ3) is 6.86. The highest BCUT2D eigenvalue weighted by molar-refractivity contribution is 7.88. The number of carbonyl (C=O) groups excluding carboxylic acids is 1. The molecule has 2 atom stereocenters. The molecule has 2 rings (SSSR count). The summed E-state index contributed by atoms with van der Waals surface area (Å²) in [6, 6.07) is 13.2. The number of halogens is 1. The quantitative estimate of drug-likeness (QED) is 0.699. The normalized spacial score (nSPS) is 13.6. The Balaban J connectivity index is 2.11. The molecule has 0 spiro atoms. The van der Waals surface area contributed by atoms with E-state index in [0.29, 0.717) is 16.3 Å². The number of hydrogen-bond acceptors (Lipinski definition) is 4. The first kappa shape index (κ1) is 21.2. The van der Waals surface area contributed by atoms with Gasteiger partial charge in [0.25, 0.3) is 0 Å². The summed E-state index contributed by atoms with van der Waals surface area (Å²) in [5.41, 5.74) is 1.58. The Morgan fingerprint density at radius 3 is 2.15 bits per heavy atom. The van der Waals surface area contributed by atoms with Crippen LogP contribution in [-0.2, 0) is 14.8 Å². The highest BCUT2D eigenvalue weighted by Gasteiger charge is 2.21. The van der Waals surface area contributed by atoms with Crippen molar-refractivity contribution in [3.63, 3.8) is 0 Å². The molecule has 0 fully saturated rings. The van der Waals surface area contributed by atoms with E-state index in [9.17, 15) is 13.2 Å². The first-order chi connectivity index (χ1) is 12.7. The second-order valence-corrected chi connectivity index (χ2v) is 8.48. The average Bonchev–Trinajstić information content (AvgIpc) is 2.60. The minimum absolute atomic E-state index is 0.0304. The maximum Gasteiger partial charge on any atom is 0.222 e. The Morgan fingerprint density at radius 2 is 1.63 bits per heavy atom. The fraction of sp³-hybridized carbons (Fsp3) is 0.316. The van der Waals surface area contributed by atoms with Crippen LogP contribution in [0.2, 0.25) is 5.02 Å². The molecular formula is C19H23ClN2O4S. The summed E-state index contributed by atoms with van der Waals surface area (Å²) in [4.78, 5) is 12.5. The monoisotopic (exact) mass is 410 g/mol. The van der Waals surface area contributed by atoms with Gasteiger partial charge in [0.15, 0.2) is 0 Å². The first-order valence-corrected chi connectivity index (χ1v) is 10.6. The number of ether oxygens (including phenoxy) is 1. The topological polar surface area (TPSA) is 84.5 Å². The van der Waals surface area contributed by atoms with Gasteiger partial charge in [0.2, 0.25) is 15.9 Å². The van der Waals surface area contributed by atoms with Crippen LogP contribution in [0.15, 0.2) is 48.5 Å². The van der Waals surface area contributed by atoms with Gasteiger partial charge in [-0.1, -0.05) is 35.9 Å². The number of sulfonamides is 1. The number of benzene rings is 2. The zero-order valence-corrected chi connectivity index (χ0v) is 17.0. The summed E-state index contributed by atoms with van der Waals surface area (Å²) in [5.74, 6) is 0.382. The van der Waals surface area contributed by atoms with Gasteiger partial charge in [0.1, 0.15) is 5.75 Å². The molecule has 0 saturated heterocycles. The van der Waals surface area contributed by atoms with E-state index in [1.807, 2.05) is 19.1 Å². The molecular weight excluding hydrogens is 388 g/mol. The summed E-state index contributed by atoms with van der Waals surface area (Å²) in [5, 5.41) is 3.50. The third-order valence-electron chi connectivity index (χ3n) is 4.01. The van der Waals surface area contributed by atoms with Crippen molar-refractivity contribution in [1.82, 2.24) is 10.0 Å². The summed E-state index contributed by atoms with van der Waals surface area (Å²) < 4.78 is 31.1. The van der Waals surface area contributed by atoms with Crippen molar-refractivity contribution in [3.8, 4) is 5.75 Å². The molecule has 0 aliphatic carbocycles. The lowest BCUT2D eigenvalue weighted by Gasteiger charge is -2.20. The van der Waals surface area contributed by atoms with Crippen molar-refractivity contribution >= 4 is 27.5 Å². The van der Waals surface area contributed by atoms with Crippen LogP contribution in [0, 0.1) is 0 Å². The maximum absolute atomic E-state index is 12.5. The highest BCUT2D eigenvalue weighted by atomic mass is 35.5. The smallest absolute Gasteiger partial charge is 0.222 e. The molecule has 2 N–H and O–H groups in total. The van der Waals surface area contributed by atoms with Crippen molar-refractivity contribution in [2.24, 2.45) is 0 Å². The Morgan fingerprint density at radius 1 is 1.07 bits per heavy atom. The minimum atomic E-state index is -3.49. The molecule has 0 heterocycles. The number of amides is 1. The van der Waals surface area contributed by atoms with E-state index in [-0.39, 0.29) is 18.4 Å². The summed E-state index contributed by atoms with van der Waals surface area (Å²) >= 11 is 5.88. The van der Waals surface area contributed by atoms with Gasteiger partial charge in [0, 0.05) is 11.4 Å². The summed E-state index contributed by atoms with van der Waals surface area (Å²) in [7, 11) is -1.95. The fourth-order valence-electron chi connectivity index (χ4n) is 2.64. The van der Waals surface area contributed by atoms with E-state index < -0.39 is 16.1 Å². The van der Waals surface area contributed by atoms with Crippen LogP contribution in [0.5, 0.6) is 5.75 Å². The fourth-order valence-corrected chi connectivity index (χ4v) is 3.51. The molecule has 6 nitrogen and oxygen atoms in total. The van der Waals surface area contributed by atoms with Crippen LogP contribution >= 0.6 is 11.6 Å². The molecule has 0 saturated carbocycles. The largest absolute Gasteiger partial charge is 0.497 e. The SMILES string of the molecule is COc1ccc([C@@H](CC(=O)N[C@@H](C)c2ccc(Cl)cc2)NS(C)(=O)=O)cc1. The van der Waals surface area contributed by atoms with Crippen LogP contribution in [0.25, 0.3) is 0 Å². The minimum Gasteiger partial charge on any atom is -0.497 e. The van der Waals surface area contributed by atoms with Crippen LogP contribution in [0.1, 0.15) is 36.6 Å². The zero-order valence-electron chi connectivity index (χ0n) is 15.4. The van der Waals surface area contributed by atoms with Crippen molar-refractivity contribution in [3.05, 3.63) is 64.7 Å². The number of rotatable bonds is 8. The molecule has 0 aliphatic rings. The Bertz CT molecular complexity index is 868. The van der Waals surface area contributed by atoms with Crippen molar-refractivity contribution in [2.45, 2.75) is 25.4 Å². The van der Waals surface area contributed by atoms with E-state index >= 15 is 0 Å². The van der Waals surface area contributed by atoms with Gasteiger partial charge in [-0.15, -0.1) is 0 Å². The molecule has 0 unspecified atom stereocenters. The molecule has 2 aromatic rings. The van der Waals surface area contributed by atoms with E-state index in [4.69, 9.17) is 16.3 Å².